The van der Waals surface area contributed by atoms with Gasteiger partial charge in [-0.15, -0.1) is 0 Å². The number of anilines is 2. The van der Waals surface area contributed by atoms with Gasteiger partial charge in [0.05, 0.1) is 6.61 Å². The van der Waals surface area contributed by atoms with Crippen molar-refractivity contribution in [2.24, 2.45) is 5.73 Å². The number of ether oxygens (including phenoxy) is 2. The summed E-state index contributed by atoms with van der Waals surface area (Å²) in [7, 11) is 1.52. The molecule has 1 saturated heterocycles. The molecule has 21 heavy (non-hydrogen) atoms. The minimum absolute atomic E-state index is 0.204. The standard InChI is InChI=1S/C15H23N3O3/c1-20-10-14(16)15(19)18-12-4-2-11(3-5-12)17-13-6-8-21-9-7-13/h2-5,13-14,17H,6-10,16H2,1H3,(H,18,19). The molecule has 1 fully saturated rings. The van der Waals surface area contributed by atoms with Crippen molar-refractivity contribution in [1.29, 1.82) is 0 Å². The van der Waals surface area contributed by atoms with Crippen molar-refractivity contribution in [2.75, 3.05) is 37.6 Å². The molecule has 2 rings (SSSR count). The maximum absolute atomic E-state index is 11.8. The van der Waals surface area contributed by atoms with Crippen LogP contribution in [0, 0.1) is 0 Å². The summed E-state index contributed by atoms with van der Waals surface area (Å²) >= 11 is 0. The molecular formula is C15H23N3O3. The number of nitrogens with two attached hydrogens (primary N) is 1. The monoisotopic (exact) mass is 293 g/mol. The predicted molar refractivity (Wildman–Crippen MR) is 82.4 cm³/mol. The predicted octanol–water partition coefficient (Wildman–Crippen LogP) is 1.19. The topological polar surface area (TPSA) is 85.6 Å². The van der Waals surface area contributed by atoms with Crippen LogP contribution in [0.25, 0.3) is 0 Å². The first-order valence-electron chi connectivity index (χ1n) is 7.19. The van der Waals surface area contributed by atoms with Crippen molar-refractivity contribution in [3.8, 4) is 0 Å². The molecule has 4 N–H and O–H groups in total. The SMILES string of the molecule is COCC(N)C(=O)Nc1ccc(NC2CCOCC2)cc1. The van der Waals surface area contributed by atoms with Crippen molar-refractivity contribution >= 4 is 17.3 Å². The van der Waals surface area contributed by atoms with Crippen molar-refractivity contribution in [3.63, 3.8) is 0 Å². The first-order valence-corrected chi connectivity index (χ1v) is 7.19. The van der Waals surface area contributed by atoms with Gasteiger partial charge in [-0.05, 0) is 37.1 Å². The van der Waals surface area contributed by atoms with Gasteiger partial charge in [-0.2, -0.15) is 0 Å². The summed E-state index contributed by atoms with van der Waals surface area (Å²) in [5.41, 5.74) is 7.44. The van der Waals surface area contributed by atoms with E-state index in [1.165, 1.54) is 7.11 Å². The third-order valence-electron chi connectivity index (χ3n) is 3.43. The number of methoxy groups -OCH3 is 1. The highest BCUT2D eigenvalue weighted by Crippen LogP contribution is 2.17. The smallest absolute Gasteiger partial charge is 0.243 e. The summed E-state index contributed by atoms with van der Waals surface area (Å²) in [5, 5.41) is 6.23. The number of carbonyl (C=O) groups excluding carboxylic acids is 1. The Morgan fingerprint density at radius 2 is 1.95 bits per heavy atom. The number of hydrogen-bond donors (Lipinski definition) is 3. The molecule has 1 atom stereocenters. The maximum Gasteiger partial charge on any atom is 0.243 e. The molecule has 1 unspecified atom stereocenters. The zero-order valence-corrected chi connectivity index (χ0v) is 12.3. The molecule has 0 aliphatic carbocycles. The Kier molecular flexibility index (Phi) is 5.98. The highest BCUT2D eigenvalue weighted by Gasteiger charge is 2.14. The Morgan fingerprint density at radius 3 is 2.57 bits per heavy atom. The molecule has 6 heteroatoms. The molecule has 116 valence electrons. The van der Waals surface area contributed by atoms with Crippen molar-refractivity contribution in [3.05, 3.63) is 24.3 Å². The molecule has 0 radical (unpaired) electrons. The first kappa shape index (κ1) is 15.8. The summed E-state index contributed by atoms with van der Waals surface area (Å²) in [6.45, 7) is 1.82. The van der Waals surface area contributed by atoms with E-state index in [1.54, 1.807) is 0 Å². The number of benzene rings is 1. The molecular weight excluding hydrogens is 270 g/mol. The van der Waals surface area contributed by atoms with Gasteiger partial charge in [-0.3, -0.25) is 4.79 Å². The van der Waals surface area contributed by atoms with E-state index in [1.807, 2.05) is 24.3 Å². The fourth-order valence-corrected chi connectivity index (χ4v) is 2.22. The van der Waals surface area contributed by atoms with Crippen LogP contribution in [0.1, 0.15) is 12.8 Å². The van der Waals surface area contributed by atoms with Crippen molar-refractivity contribution < 1.29 is 14.3 Å². The van der Waals surface area contributed by atoms with E-state index in [4.69, 9.17) is 15.2 Å². The van der Waals surface area contributed by atoms with Crippen LogP contribution in [0.2, 0.25) is 0 Å². The lowest BCUT2D eigenvalue weighted by molar-refractivity contribution is -0.118. The lowest BCUT2D eigenvalue weighted by Gasteiger charge is -2.24. The van der Waals surface area contributed by atoms with E-state index >= 15 is 0 Å². The average molecular weight is 293 g/mol. The molecule has 6 nitrogen and oxygen atoms in total. The normalized spacial score (nSPS) is 17.2. The summed E-state index contributed by atoms with van der Waals surface area (Å²) in [6.07, 6.45) is 2.04. The Labute approximate surface area is 125 Å². The van der Waals surface area contributed by atoms with Crippen LogP contribution in [0.15, 0.2) is 24.3 Å². The van der Waals surface area contributed by atoms with Crippen LogP contribution in [0.4, 0.5) is 11.4 Å². The van der Waals surface area contributed by atoms with Crippen LogP contribution < -0.4 is 16.4 Å². The third-order valence-corrected chi connectivity index (χ3v) is 3.43. The number of nitrogens with one attached hydrogen (secondary N) is 2. The fourth-order valence-electron chi connectivity index (χ4n) is 2.22. The van der Waals surface area contributed by atoms with Crippen LogP contribution in [-0.2, 0) is 14.3 Å². The van der Waals surface area contributed by atoms with Gasteiger partial charge in [-0.25, -0.2) is 0 Å². The molecule has 0 aromatic heterocycles. The summed E-state index contributed by atoms with van der Waals surface area (Å²) in [6, 6.07) is 7.42. The zero-order chi connectivity index (χ0) is 15.1. The molecule has 0 bridgehead atoms. The van der Waals surface area contributed by atoms with Gasteiger partial charge in [0, 0.05) is 37.7 Å². The van der Waals surface area contributed by atoms with Gasteiger partial charge in [0.1, 0.15) is 6.04 Å². The lowest BCUT2D eigenvalue weighted by Crippen LogP contribution is -2.39. The highest BCUT2D eigenvalue weighted by molar-refractivity contribution is 5.94. The molecule has 1 aromatic rings. The van der Waals surface area contributed by atoms with Crippen LogP contribution in [-0.4, -0.2) is 44.9 Å². The Bertz CT molecular complexity index is 444. The minimum atomic E-state index is -0.657. The molecule has 0 spiro atoms. The quantitative estimate of drug-likeness (QED) is 0.733. The number of rotatable bonds is 6. The van der Waals surface area contributed by atoms with E-state index in [9.17, 15) is 4.79 Å². The lowest BCUT2D eigenvalue weighted by atomic mass is 10.1. The third kappa shape index (κ3) is 5.00. The second-order valence-corrected chi connectivity index (χ2v) is 5.16. The maximum atomic E-state index is 11.8. The highest BCUT2D eigenvalue weighted by atomic mass is 16.5. The number of carbonyl (C=O) groups is 1. The fraction of sp³-hybridized carbons (Fsp3) is 0.533. The zero-order valence-electron chi connectivity index (χ0n) is 12.3. The van der Waals surface area contributed by atoms with Gasteiger partial charge in [0.25, 0.3) is 0 Å². The Balaban J connectivity index is 1.85. The number of hydrogen-bond acceptors (Lipinski definition) is 5. The second-order valence-electron chi connectivity index (χ2n) is 5.16. The minimum Gasteiger partial charge on any atom is -0.383 e. The van der Waals surface area contributed by atoms with Gasteiger partial charge in [0.15, 0.2) is 0 Å². The van der Waals surface area contributed by atoms with Gasteiger partial charge < -0.3 is 25.8 Å². The van der Waals surface area contributed by atoms with Crippen molar-refractivity contribution in [2.45, 2.75) is 24.9 Å². The summed E-state index contributed by atoms with van der Waals surface area (Å²) < 4.78 is 10.2. The molecule has 1 aromatic carbocycles. The average Bonchev–Trinajstić information content (AvgIpc) is 2.50. The number of amides is 1. The largest absolute Gasteiger partial charge is 0.383 e. The van der Waals surface area contributed by atoms with E-state index in [-0.39, 0.29) is 12.5 Å². The second kappa shape index (κ2) is 7.97. The van der Waals surface area contributed by atoms with Crippen LogP contribution in [0.3, 0.4) is 0 Å². The van der Waals surface area contributed by atoms with E-state index in [2.05, 4.69) is 10.6 Å². The van der Waals surface area contributed by atoms with Gasteiger partial charge in [-0.1, -0.05) is 0 Å². The Morgan fingerprint density at radius 1 is 1.33 bits per heavy atom. The Hall–Kier alpha value is -1.63. The molecule has 0 saturated carbocycles. The van der Waals surface area contributed by atoms with E-state index < -0.39 is 6.04 Å². The molecule has 1 amide bonds. The molecule has 1 heterocycles. The van der Waals surface area contributed by atoms with Gasteiger partial charge >= 0.3 is 0 Å². The van der Waals surface area contributed by atoms with Crippen molar-refractivity contribution in [1.82, 2.24) is 0 Å². The van der Waals surface area contributed by atoms with E-state index in [0.29, 0.717) is 6.04 Å². The first-order chi connectivity index (χ1) is 10.2. The van der Waals surface area contributed by atoms with E-state index in [0.717, 1.165) is 37.4 Å². The van der Waals surface area contributed by atoms with Crippen LogP contribution in [0.5, 0.6) is 0 Å². The van der Waals surface area contributed by atoms with Gasteiger partial charge in [0.2, 0.25) is 5.91 Å². The van der Waals surface area contributed by atoms with Crippen LogP contribution >= 0.6 is 0 Å². The molecule has 1 aliphatic rings. The summed E-state index contributed by atoms with van der Waals surface area (Å²) in [5.74, 6) is -0.248. The molecule has 1 aliphatic heterocycles. The summed E-state index contributed by atoms with van der Waals surface area (Å²) in [4.78, 5) is 11.8.